The number of alkyl halides is 3. The molecule has 1 aromatic heterocycles. The quantitative estimate of drug-likeness (QED) is 0.791. The summed E-state index contributed by atoms with van der Waals surface area (Å²) in [4.78, 5) is 14.5. The minimum absolute atomic E-state index is 0.299. The van der Waals surface area contributed by atoms with Gasteiger partial charge < -0.3 is 10.6 Å². The molecule has 4 nitrogen and oxygen atoms in total. The summed E-state index contributed by atoms with van der Waals surface area (Å²) in [7, 11) is 0. The Morgan fingerprint density at radius 3 is 2.80 bits per heavy atom. The van der Waals surface area contributed by atoms with E-state index in [1.165, 1.54) is 18.3 Å². The maximum absolute atomic E-state index is 11.7. The molecule has 0 unspecified atom stereocenters. The third-order valence-corrected chi connectivity index (χ3v) is 1.32. The number of rotatable bonds is 2. The Morgan fingerprint density at radius 1 is 1.53 bits per heavy atom. The number of pyridine rings is 1. The van der Waals surface area contributed by atoms with E-state index in [0.717, 1.165) is 0 Å². The Morgan fingerprint density at radius 2 is 2.27 bits per heavy atom. The van der Waals surface area contributed by atoms with Crippen molar-refractivity contribution >= 4 is 11.7 Å². The number of nitrogens with zero attached hydrogens (tertiary/aromatic N) is 1. The van der Waals surface area contributed by atoms with Crippen LogP contribution in [0.1, 0.15) is 0 Å². The number of halogens is 3. The highest BCUT2D eigenvalue weighted by Gasteiger charge is 2.27. The van der Waals surface area contributed by atoms with E-state index >= 15 is 0 Å². The summed E-state index contributed by atoms with van der Waals surface area (Å²) in [6, 6.07) is 1.96. The molecule has 1 aromatic rings. The molecule has 0 aliphatic rings. The Hall–Kier alpha value is -1.79. The zero-order valence-electron chi connectivity index (χ0n) is 7.43. The SMILES string of the molecule is O=C(NCC(F)(F)F)Nc1cc[c]nc1. The van der Waals surface area contributed by atoms with Crippen LogP contribution >= 0.6 is 0 Å². The van der Waals surface area contributed by atoms with Crippen LogP contribution in [0.5, 0.6) is 0 Å². The zero-order chi connectivity index (χ0) is 11.3. The van der Waals surface area contributed by atoms with Gasteiger partial charge >= 0.3 is 12.2 Å². The van der Waals surface area contributed by atoms with Gasteiger partial charge in [-0.1, -0.05) is 0 Å². The van der Waals surface area contributed by atoms with Crippen molar-refractivity contribution in [3.8, 4) is 0 Å². The maximum atomic E-state index is 11.7. The summed E-state index contributed by atoms with van der Waals surface area (Å²) >= 11 is 0. The fraction of sp³-hybridized carbons (Fsp3) is 0.250. The van der Waals surface area contributed by atoms with Crippen molar-refractivity contribution in [2.75, 3.05) is 11.9 Å². The van der Waals surface area contributed by atoms with E-state index in [1.54, 1.807) is 5.32 Å². The monoisotopic (exact) mass is 218 g/mol. The minimum Gasteiger partial charge on any atom is -0.329 e. The molecule has 0 aromatic carbocycles. The first-order valence-corrected chi connectivity index (χ1v) is 3.91. The van der Waals surface area contributed by atoms with Crippen LogP contribution in [0.2, 0.25) is 0 Å². The van der Waals surface area contributed by atoms with Gasteiger partial charge in [-0.05, 0) is 12.1 Å². The fourth-order valence-corrected chi connectivity index (χ4v) is 0.750. The standard InChI is InChI=1S/C8H7F3N3O/c9-8(10,11)5-13-7(15)14-6-2-1-3-12-4-6/h1-2,4H,5H2,(H2,13,14,15). The largest absolute Gasteiger partial charge is 0.405 e. The Bertz CT molecular complexity index is 326. The number of carbonyl (C=O) groups excluding carboxylic acids is 1. The summed E-state index contributed by atoms with van der Waals surface area (Å²) in [6.45, 7) is -1.37. The average molecular weight is 218 g/mol. The molecule has 0 fully saturated rings. The van der Waals surface area contributed by atoms with E-state index < -0.39 is 18.8 Å². The predicted octanol–water partition coefficient (Wildman–Crippen LogP) is 1.57. The van der Waals surface area contributed by atoms with Crippen LogP contribution in [-0.2, 0) is 0 Å². The highest BCUT2D eigenvalue weighted by molar-refractivity contribution is 5.88. The minimum atomic E-state index is -4.42. The van der Waals surface area contributed by atoms with Crippen LogP contribution in [0.25, 0.3) is 0 Å². The van der Waals surface area contributed by atoms with Crippen molar-refractivity contribution in [2.24, 2.45) is 0 Å². The second-order valence-corrected chi connectivity index (χ2v) is 2.60. The van der Waals surface area contributed by atoms with E-state index in [-0.39, 0.29) is 0 Å². The van der Waals surface area contributed by atoms with Gasteiger partial charge in [0.1, 0.15) is 6.54 Å². The summed E-state index contributed by atoms with van der Waals surface area (Å²) in [5.41, 5.74) is 0.299. The highest BCUT2D eigenvalue weighted by Crippen LogP contribution is 2.12. The third kappa shape index (κ3) is 4.84. The highest BCUT2D eigenvalue weighted by atomic mass is 19.4. The predicted molar refractivity (Wildman–Crippen MR) is 46.1 cm³/mol. The molecular weight excluding hydrogens is 211 g/mol. The summed E-state index contributed by atoms with van der Waals surface area (Å²) in [6.07, 6.45) is -0.685. The van der Waals surface area contributed by atoms with Crippen LogP contribution in [0, 0.1) is 6.20 Å². The van der Waals surface area contributed by atoms with E-state index in [4.69, 9.17) is 0 Å². The van der Waals surface area contributed by atoms with Crippen molar-refractivity contribution in [1.29, 1.82) is 0 Å². The number of amides is 2. The number of nitrogens with one attached hydrogen (secondary N) is 2. The summed E-state index contributed by atoms with van der Waals surface area (Å²) in [5.74, 6) is 0. The van der Waals surface area contributed by atoms with Gasteiger partial charge in [-0.3, -0.25) is 4.98 Å². The van der Waals surface area contributed by atoms with Gasteiger partial charge in [0.2, 0.25) is 0 Å². The number of anilines is 1. The zero-order valence-corrected chi connectivity index (χ0v) is 7.43. The first-order valence-electron chi connectivity index (χ1n) is 3.91. The Kier molecular flexibility index (Phi) is 3.48. The van der Waals surface area contributed by atoms with Gasteiger partial charge in [0.25, 0.3) is 0 Å². The molecule has 0 bridgehead atoms. The van der Waals surface area contributed by atoms with Crippen LogP contribution in [-0.4, -0.2) is 23.7 Å². The van der Waals surface area contributed by atoms with Crippen LogP contribution in [0.15, 0.2) is 18.3 Å². The van der Waals surface area contributed by atoms with Gasteiger partial charge in [-0.2, -0.15) is 13.2 Å². The van der Waals surface area contributed by atoms with Crippen molar-refractivity contribution in [3.05, 3.63) is 24.5 Å². The smallest absolute Gasteiger partial charge is 0.329 e. The molecule has 2 amide bonds. The van der Waals surface area contributed by atoms with Gasteiger partial charge in [0.05, 0.1) is 18.1 Å². The van der Waals surface area contributed by atoms with Gasteiger partial charge in [-0.25, -0.2) is 4.79 Å². The molecule has 0 saturated heterocycles. The molecule has 2 N–H and O–H groups in total. The molecule has 81 valence electrons. The molecule has 0 spiro atoms. The molecule has 0 aliphatic heterocycles. The normalized spacial score (nSPS) is 10.9. The van der Waals surface area contributed by atoms with Gasteiger partial charge in [0.15, 0.2) is 0 Å². The molecule has 1 heterocycles. The first kappa shape index (κ1) is 11.3. The summed E-state index contributed by atoms with van der Waals surface area (Å²) < 4.78 is 35.1. The molecular formula is C8H7F3N3O. The average Bonchev–Trinajstić information content (AvgIpc) is 2.15. The second kappa shape index (κ2) is 4.63. The number of aromatic nitrogens is 1. The topological polar surface area (TPSA) is 54.0 Å². The number of urea groups is 1. The Balaban J connectivity index is 2.38. The molecule has 0 atom stereocenters. The number of hydrogen-bond donors (Lipinski definition) is 2. The second-order valence-electron chi connectivity index (χ2n) is 2.60. The molecule has 1 rings (SSSR count). The van der Waals surface area contributed by atoms with E-state index in [9.17, 15) is 18.0 Å². The lowest BCUT2D eigenvalue weighted by Gasteiger charge is -2.09. The van der Waals surface area contributed by atoms with E-state index in [1.807, 2.05) is 0 Å². The molecule has 0 aliphatic carbocycles. The molecule has 0 saturated carbocycles. The van der Waals surface area contributed by atoms with Crippen LogP contribution in [0.4, 0.5) is 23.7 Å². The number of hydrogen-bond acceptors (Lipinski definition) is 2. The van der Waals surface area contributed by atoms with Gasteiger partial charge in [-0.15, -0.1) is 0 Å². The number of carbonyl (C=O) groups is 1. The maximum Gasteiger partial charge on any atom is 0.405 e. The third-order valence-electron chi connectivity index (χ3n) is 1.32. The van der Waals surface area contributed by atoms with Crippen molar-refractivity contribution in [2.45, 2.75) is 6.18 Å². The van der Waals surface area contributed by atoms with Crippen molar-refractivity contribution < 1.29 is 18.0 Å². The molecule has 1 radical (unpaired) electrons. The first-order chi connectivity index (χ1) is 6.97. The lowest BCUT2D eigenvalue weighted by Crippen LogP contribution is -2.36. The van der Waals surface area contributed by atoms with Gasteiger partial charge in [0, 0.05) is 0 Å². The van der Waals surface area contributed by atoms with Crippen molar-refractivity contribution in [3.63, 3.8) is 0 Å². The molecule has 7 heteroatoms. The lowest BCUT2D eigenvalue weighted by molar-refractivity contribution is -0.122. The molecule has 15 heavy (non-hydrogen) atoms. The fourth-order valence-electron chi connectivity index (χ4n) is 0.750. The Labute approximate surface area is 83.5 Å². The lowest BCUT2D eigenvalue weighted by atomic mass is 10.4. The van der Waals surface area contributed by atoms with E-state index in [0.29, 0.717) is 5.69 Å². The van der Waals surface area contributed by atoms with Crippen LogP contribution in [0.3, 0.4) is 0 Å². The van der Waals surface area contributed by atoms with Crippen LogP contribution < -0.4 is 10.6 Å². The summed E-state index contributed by atoms with van der Waals surface area (Å²) in [5, 5.41) is 3.84. The van der Waals surface area contributed by atoms with E-state index in [2.05, 4.69) is 16.5 Å². The van der Waals surface area contributed by atoms with Crippen molar-refractivity contribution in [1.82, 2.24) is 10.3 Å².